The molecule has 0 aliphatic heterocycles. The summed E-state index contributed by atoms with van der Waals surface area (Å²) >= 11 is 3.86. The van der Waals surface area contributed by atoms with Crippen LogP contribution in [0.4, 0.5) is 0 Å². The van der Waals surface area contributed by atoms with Gasteiger partial charge in [0.2, 0.25) is 17.7 Å². The number of amides is 3. The average molecular weight is 507 g/mol. The summed E-state index contributed by atoms with van der Waals surface area (Å²) in [6.45, 7) is 1.93. The number of aliphatic carboxylic acids is 1. The minimum atomic E-state index is -1.46. The number of carbonyl (C=O) groups excluding carboxylic acids is 3. The molecule has 0 heterocycles. The topological polar surface area (TPSA) is 261 Å². The molecule has 0 aromatic carbocycles. The highest BCUT2D eigenvalue weighted by Gasteiger charge is 2.32. The minimum absolute atomic E-state index is 0.0737. The molecule has 196 valence electrons. The van der Waals surface area contributed by atoms with Crippen LogP contribution < -0.4 is 38.9 Å². The molecule has 0 radical (unpaired) electrons. The van der Waals surface area contributed by atoms with Gasteiger partial charge in [-0.2, -0.15) is 12.6 Å². The lowest BCUT2D eigenvalue weighted by Gasteiger charge is -2.26. The van der Waals surface area contributed by atoms with Crippen molar-refractivity contribution < 1.29 is 29.4 Å². The third-order valence-electron chi connectivity index (χ3n) is 4.74. The molecule has 5 unspecified atom stereocenters. The van der Waals surface area contributed by atoms with Crippen molar-refractivity contribution in [3.05, 3.63) is 0 Å². The Bertz CT molecular complexity index is 704. The number of aliphatic imine (C=N–C) groups is 1. The Balaban J connectivity index is 5.25. The van der Waals surface area contributed by atoms with Crippen LogP contribution in [-0.2, 0) is 19.2 Å². The van der Waals surface area contributed by atoms with Crippen LogP contribution in [0.3, 0.4) is 0 Å². The second-order valence-corrected chi connectivity index (χ2v) is 8.07. The van der Waals surface area contributed by atoms with E-state index in [2.05, 4.69) is 33.6 Å². The number of carbonyl (C=O) groups is 4. The van der Waals surface area contributed by atoms with E-state index in [1.807, 2.05) is 0 Å². The lowest BCUT2D eigenvalue weighted by molar-refractivity contribution is -0.142. The Labute approximate surface area is 204 Å². The molecular formula is C19H38N8O6S. The first-order valence-electron chi connectivity index (χ1n) is 10.9. The van der Waals surface area contributed by atoms with Gasteiger partial charge in [0, 0.05) is 12.3 Å². The quantitative estimate of drug-likeness (QED) is 0.0400. The predicted molar refractivity (Wildman–Crippen MR) is 130 cm³/mol. The maximum atomic E-state index is 12.9. The lowest BCUT2D eigenvalue weighted by atomic mass is 10.0. The van der Waals surface area contributed by atoms with Crippen molar-refractivity contribution in [2.24, 2.45) is 27.9 Å². The van der Waals surface area contributed by atoms with E-state index in [4.69, 9.17) is 28.0 Å². The molecule has 0 saturated heterocycles. The van der Waals surface area contributed by atoms with E-state index in [1.54, 1.807) is 0 Å². The van der Waals surface area contributed by atoms with Crippen molar-refractivity contribution in [3.8, 4) is 0 Å². The SMILES string of the molecule is CC(O)C(NC(=O)C(CCCCN)NC(=O)C(N)CCCN=C(N)N)C(=O)NC(CS)C(=O)O. The fourth-order valence-corrected chi connectivity index (χ4v) is 3.04. The summed E-state index contributed by atoms with van der Waals surface area (Å²) in [6.07, 6.45) is 0.651. The molecule has 0 aromatic rings. The Morgan fingerprint density at radius 1 is 0.941 bits per heavy atom. The number of carboxylic acid groups (broad SMARTS) is 1. The largest absolute Gasteiger partial charge is 0.480 e. The fraction of sp³-hybridized carbons (Fsp3) is 0.737. The smallest absolute Gasteiger partial charge is 0.327 e. The molecule has 34 heavy (non-hydrogen) atoms. The predicted octanol–water partition coefficient (Wildman–Crippen LogP) is -3.65. The number of rotatable bonds is 17. The molecule has 0 aromatic heterocycles. The maximum Gasteiger partial charge on any atom is 0.327 e. The zero-order valence-corrected chi connectivity index (χ0v) is 20.2. The van der Waals surface area contributed by atoms with Crippen LogP contribution in [-0.4, -0.2) is 89.0 Å². The summed E-state index contributed by atoms with van der Waals surface area (Å²) in [7, 11) is 0. The van der Waals surface area contributed by atoms with Gasteiger partial charge in [0.1, 0.15) is 18.1 Å². The highest BCUT2D eigenvalue weighted by molar-refractivity contribution is 7.80. The van der Waals surface area contributed by atoms with E-state index in [9.17, 15) is 24.3 Å². The van der Waals surface area contributed by atoms with E-state index in [0.717, 1.165) is 0 Å². The van der Waals surface area contributed by atoms with Crippen LogP contribution in [0.25, 0.3) is 0 Å². The second-order valence-electron chi connectivity index (χ2n) is 7.71. The van der Waals surface area contributed by atoms with Gasteiger partial charge in [-0.3, -0.25) is 19.4 Å². The molecule has 0 saturated carbocycles. The van der Waals surface area contributed by atoms with Crippen LogP contribution in [0.15, 0.2) is 4.99 Å². The first-order chi connectivity index (χ1) is 15.9. The van der Waals surface area contributed by atoms with Crippen molar-refractivity contribution in [1.82, 2.24) is 16.0 Å². The summed E-state index contributed by atoms with van der Waals surface area (Å²) in [6, 6.07) is -4.76. The molecular weight excluding hydrogens is 468 g/mol. The van der Waals surface area contributed by atoms with Gasteiger partial charge in [-0.15, -0.1) is 0 Å². The van der Waals surface area contributed by atoms with Crippen LogP contribution >= 0.6 is 12.6 Å². The first-order valence-corrected chi connectivity index (χ1v) is 11.5. The highest BCUT2D eigenvalue weighted by Crippen LogP contribution is 2.05. The number of carboxylic acids is 1. The Kier molecular flexibility index (Phi) is 15.6. The van der Waals surface area contributed by atoms with Crippen molar-refractivity contribution in [2.75, 3.05) is 18.8 Å². The Morgan fingerprint density at radius 3 is 2.06 bits per heavy atom. The molecule has 0 aliphatic rings. The van der Waals surface area contributed by atoms with Gasteiger partial charge in [-0.25, -0.2) is 4.79 Å². The molecule has 0 fully saturated rings. The number of thiol groups is 1. The maximum absolute atomic E-state index is 12.9. The van der Waals surface area contributed by atoms with Gasteiger partial charge in [-0.05, 0) is 45.6 Å². The van der Waals surface area contributed by atoms with Crippen LogP contribution in [0, 0.1) is 0 Å². The lowest BCUT2D eigenvalue weighted by Crippen LogP contribution is -2.60. The van der Waals surface area contributed by atoms with Crippen molar-refractivity contribution >= 4 is 42.3 Å². The van der Waals surface area contributed by atoms with Crippen molar-refractivity contribution in [1.29, 1.82) is 0 Å². The number of hydrogen-bond acceptors (Lipinski definition) is 9. The fourth-order valence-electron chi connectivity index (χ4n) is 2.80. The Morgan fingerprint density at radius 2 is 1.56 bits per heavy atom. The van der Waals surface area contributed by atoms with Gasteiger partial charge in [0.15, 0.2) is 5.96 Å². The normalized spacial score (nSPS) is 15.2. The summed E-state index contributed by atoms with van der Waals surface area (Å²) in [5.41, 5.74) is 21.9. The van der Waals surface area contributed by atoms with E-state index < -0.39 is 54.0 Å². The number of unbranched alkanes of at least 4 members (excludes halogenated alkanes) is 1. The van der Waals surface area contributed by atoms with E-state index in [1.165, 1.54) is 6.92 Å². The number of hydrogen-bond donors (Lipinski definition) is 10. The summed E-state index contributed by atoms with van der Waals surface area (Å²) < 4.78 is 0. The third kappa shape index (κ3) is 12.6. The van der Waals surface area contributed by atoms with Gasteiger partial charge < -0.3 is 49.1 Å². The highest BCUT2D eigenvalue weighted by atomic mass is 32.1. The number of aliphatic hydroxyl groups is 1. The van der Waals surface area contributed by atoms with Crippen LogP contribution in [0.2, 0.25) is 0 Å². The monoisotopic (exact) mass is 506 g/mol. The molecule has 13 N–H and O–H groups in total. The summed E-state index contributed by atoms with van der Waals surface area (Å²) in [5.74, 6) is -3.82. The van der Waals surface area contributed by atoms with E-state index in [0.29, 0.717) is 32.4 Å². The van der Waals surface area contributed by atoms with Gasteiger partial charge in [0.25, 0.3) is 0 Å². The molecule has 14 nitrogen and oxygen atoms in total. The average Bonchev–Trinajstić information content (AvgIpc) is 2.76. The van der Waals surface area contributed by atoms with E-state index in [-0.39, 0.29) is 24.6 Å². The molecule has 0 spiro atoms. The van der Waals surface area contributed by atoms with Crippen molar-refractivity contribution in [2.45, 2.75) is 69.3 Å². The Hall–Kier alpha value is -2.62. The zero-order chi connectivity index (χ0) is 26.3. The number of aliphatic hydroxyl groups excluding tert-OH is 1. The summed E-state index contributed by atoms with van der Waals surface area (Å²) in [4.78, 5) is 52.8. The molecule has 5 atom stereocenters. The molecule has 3 amide bonds. The minimum Gasteiger partial charge on any atom is -0.480 e. The third-order valence-corrected chi connectivity index (χ3v) is 5.11. The van der Waals surface area contributed by atoms with Crippen molar-refractivity contribution in [3.63, 3.8) is 0 Å². The van der Waals surface area contributed by atoms with Gasteiger partial charge >= 0.3 is 5.97 Å². The molecule has 0 rings (SSSR count). The standard InChI is InChI=1S/C19H38N8O6S/c1-10(28)14(17(31)26-13(9-34)18(32)33)27-16(30)12(6-2-3-7-20)25-15(29)11(21)5-4-8-24-19(22)23/h10-14,28,34H,2-9,20-21H2,1H3,(H,25,29)(H,26,31)(H,27,30)(H,32,33)(H4,22,23,24). The van der Waals surface area contributed by atoms with Crippen LogP contribution in [0.5, 0.6) is 0 Å². The number of nitrogens with two attached hydrogens (primary N) is 4. The van der Waals surface area contributed by atoms with Crippen LogP contribution in [0.1, 0.15) is 39.0 Å². The van der Waals surface area contributed by atoms with Gasteiger partial charge in [-0.1, -0.05) is 0 Å². The van der Waals surface area contributed by atoms with E-state index >= 15 is 0 Å². The molecule has 15 heteroatoms. The number of guanidine groups is 1. The number of nitrogens with zero attached hydrogens (tertiary/aromatic N) is 1. The zero-order valence-electron chi connectivity index (χ0n) is 19.3. The molecule has 0 bridgehead atoms. The second kappa shape index (κ2) is 16.9. The summed E-state index contributed by atoms with van der Waals surface area (Å²) in [5, 5.41) is 26.2. The first kappa shape index (κ1) is 31.4. The number of nitrogens with one attached hydrogen (secondary N) is 3. The van der Waals surface area contributed by atoms with Gasteiger partial charge in [0.05, 0.1) is 12.1 Å². The molecule has 0 aliphatic carbocycles.